The van der Waals surface area contributed by atoms with Gasteiger partial charge in [-0.3, -0.25) is 9.36 Å². The zero-order valence-electron chi connectivity index (χ0n) is 23.7. The summed E-state index contributed by atoms with van der Waals surface area (Å²) in [6.07, 6.45) is 7.28. The van der Waals surface area contributed by atoms with Gasteiger partial charge in [-0.2, -0.15) is 9.24 Å². The fourth-order valence-corrected chi connectivity index (χ4v) is 5.64. The van der Waals surface area contributed by atoms with Crippen LogP contribution in [0.15, 0.2) is 54.9 Å². The van der Waals surface area contributed by atoms with Gasteiger partial charge in [0.2, 0.25) is 11.9 Å². The summed E-state index contributed by atoms with van der Waals surface area (Å²) >= 11 is 12.0. The number of imidazole rings is 1. The van der Waals surface area contributed by atoms with E-state index in [9.17, 15) is 9.59 Å². The molecule has 8 nitrogen and oxygen atoms in total. The van der Waals surface area contributed by atoms with Crippen LogP contribution in [0.3, 0.4) is 0 Å². The van der Waals surface area contributed by atoms with Crippen molar-refractivity contribution in [3.8, 4) is 5.95 Å². The lowest BCUT2D eigenvalue weighted by atomic mass is 10.1. The third kappa shape index (κ3) is 6.97. The van der Waals surface area contributed by atoms with Gasteiger partial charge in [0.05, 0.1) is 22.0 Å². The van der Waals surface area contributed by atoms with Gasteiger partial charge >= 0.3 is 6.03 Å². The maximum absolute atomic E-state index is 13.8. The lowest BCUT2D eigenvalue weighted by Gasteiger charge is -2.28. The van der Waals surface area contributed by atoms with Crippen LogP contribution >= 0.6 is 43.1 Å². The monoisotopic (exact) mass is 636 g/mol. The molecule has 4 aromatic rings. The second kappa shape index (κ2) is 13.0. The summed E-state index contributed by atoms with van der Waals surface area (Å²) in [5, 5.41) is 5.65. The van der Waals surface area contributed by atoms with E-state index in [-0.39, 0.29) is 17.2 Å². The number of benzene rings is 2. The van der Waals surface area contributed by atoms with Crippen molar-refractivity contribution >= 4 is 83.2 Å². The van der Waals surface area contributed by atoms with Crippen LogP contribution in [0.2, 0.25) is 0 Å². The summed E-state index contributed by atoms with van der Waals surface area (Å²) < 4.78 is 3.27. The summed E-state index contributed by atoms with van der Waals surface area (Å²) in [5.41, 5.74) is 5.47. The van der Waals surface area contributed by atoms with Gasteiger partial charge in [0.25, 0.3) is 0 Å². The number of hydrogen-bond acceptors (Lipinski definition) is 4. The average Bonchev–Trinajstić information content (AvgIpc) is 3.54. The van der Waals surface area contributed by atoms with Gasteiger partial charge in [0.15, 0.2) is 0 Å². The molecular weight excluding hydrogens is 603 g/mol. The molecule has 2 heterocycles. The zero-order valence-corrected chi connectivity index (χ0v) is 26.8. The number of fused-ring (bicyclic) bond motifs is 1. The Kier molecular flexibility index (Phi) is 9.85. The molecule has 0 saturated heterocycles. The summed E-state index contributed by atoms with van der Waals surface area (Å²) in [6.45, 7) is 7.07. The summed E-state index contributed by atoms with van der Waals surface area (Å²) in [7, 11) is 4.85. The number of nitrogens with one attached hydrogen (secondary N) is 2. The topological polar surface area (TPSA) is 84.2 Å². The van der Waals surface area contributed by atoms with Crippen molar-refractivity contribution in [3.05, 3.63) is 66.0 Å². The Morgan fingerprint density at radius 3 is 2.37 bits per heavy atom. The van der Waals surface area contributed by atoms with E-state index in [2.05, 4.69) is 15.5 Å². The Morgan fingerprint density at radius 2 is 1.73 bits per heavy atom. The second-order valence-corrected chi connectivity index (χ2v) is 16.6. The molecule has 0 aliphatic rings. The molecule has 41 heavy (non-hydrogen) atoms. The molecule has 0 aliphatic heterocycles. The first-order chi connectivity index (χ1) is 19.4. The number of para-hydroxylation sites is 1. The second-order valence-electron chi connectivity index (χ2n) is 10.2. The van der Waals surface area contributed by atoms with Crippen molar-refractivity contribution in [1.82, 2.24) is 14.1 Å². The van der Waals surface area contributed by atoms with Crippen molar-refractivity contribution in [1.29, 1.82) is 0 Å². The fourth-order valence-electron chi connectivity index (χ4n) is 4.42. The molecule has 2 aromatic heterocycles. The van der Waals surface area contributed by atoms with E-state index in [0.29, 0.717) is 53.2 Å². The number of carbonyl (C=O) groups is 2. The van der Waals surface area contributed by atoms with Gasteiger partial charge < -0.3 is 15.5 Å². The number of aryl methyl sites for hydroxylation is 2. The van der Waals surface area contributed by atoms with Crippen molar-refractivity contribution in [2.75, 3.05) is 52.9 Å². The SMILES string of the molecule is Cc1cc(N(CCCl)CCCl)ccc1NC(=O)n1c(-n2ccc(NC(=O)C(C)S(C)(C)Cl)c2)nc2c(C)cccc21. The van der Waals surface area contributed by atoms with Crippen LogP contribution in [-0.2, 0) is 4.79 Å². The standard InChI is InChI=1S/C29H35Cl3N6O2S/c1-19-7-6-8-25-26(19)35-28(37-14-11-22(18-37)33-27(39)21(3)41(4,5)32)38(25)29(40)34-24-10-9-23(17-20(24)2)36(15-12-30)16-13-31/h6-11,14,17-18,21H,12-13,15-16H2,1-5H3,(H,33,39)(H,34,40). The maximum atomic E-state index is 13.8. The molecule has 2 aromatic carbocycles. The zero-order chi connectivity index (χ0) is 29.9. The van der Waals surface area contributed by atoms with E-state index >= 15 is 0 Å². The highest BCUT2D eigenvalue weighted by atomic mass is 35.7. The quantitative estimate of drug-likeness (QED) is 0.178. The van der Waals surface area contributed by atoms with Crippen LogP contribution < -0.4 is 15.5 Å². The van der Waals surface area contributed by atoms with Crippen LogP contribution in [0.25, 0.3) is 17.0 Å². The minimum atomic E-state index is -1.58. The summed E-state index contributed by atoms with van der Waals surface area (Å²) in [5.74, 6) is 1.21. The number of carbonyl (C=O) groups excluding carboxylic acids is 2. The van der Waals surface area contributed by atoms with E-state index in [4.69, 9.17) is 38.9 Å². The first-order valence-electron chi connectivity index (χ1n) is 13.1. The van der Waals surface area contributed by atoms with E-state index in [1.54, 1.807) is 27.6 Å². The minimum absolute atomic E-state index is 0.158. The molecular formula is C29H35Cl3N6O2S. The minimum Gasteiger partial charge on any atom is -0.369 e. The molecule has 0 radical (unpaired) electrons. The van der Waals surface area contributed by atoms with Gasteiger partial charge in [-0.1, -0.05) is 22.8 Å². The van der Waals surface area contributed by atoms with Gasteiger partial charge in [-0.15, -0.1) is 23.2 Å². The summed E-state index contributed by atoms with van der Waals surface area (Å²) in [6, 6.07) is 13.0. The number of rotatable bonds is 10. The molecule has 12 heteroatoms. The number of anilines is 3. The van der Waals surface area contributed by atoms with Gasteiger partial charge in [0.1, 0.15) is 0 Å². The maximum Gasteiger partial charge on any atom is 0.333 e. The van der Waals surface area contributed by atoms with Crippen LogP contribution in [0, 0.1) is 13.8 Å². The lowest BCUT2D eigenvalue weighted by molar-refractivity contribution is -0.115. The first-order valence-corrected chi connectivity index (χ1v) is 17.5. The molecule has 2 N–H and O–H groups in total. The summed E-state index contributed by atoms with van der Waals surface area (Å²) in [4.78, 5) is 33.5. The number of aromatic nitrogens is 3. The van der Waals surface area contributed by atoms with Crippen molar-refractivity contribution in [2.45, 2.75) is 26.0 Å². The number of nitrogens with zero attached hydrogens (tertiary/aromatic N) is 4. The van der Waals surface area contributed by atoms with Crippen LogP contribution in [-0.4, -0.2) is 68.7 Å². The molecule has 1 unspecified atom stereocenters. The van der Waals surface area contributed by atoms with Crippen molar-refractivity contribution in [2.24, 2.45) is 0 Å². The van der Waals surface area contributed by atoms with Gasteiger partial charge in [0, 0.05) is 48.6 Å². The fraction of sp³-hybridized carbons (Fsp3) is 0.345. The van der Waals surface area contributed by atoms with Gasteiger partial charge in [-0.05, 0) is 74.7 Å². The van der Waals surface area contributed by atoms with Crippen LogP contribution in [0.1, 0.15) is 18.1 Å². The molecule has 2 amide bonds. The number of hydrogen-bond donors (Lipinski definition) is 2. The molecule has 220 valence electrons. The third-order valence-electron chi connectivity index (χ3n) is 7.00. The molecule has 0 fully saturated rings. The Bertz CT molecular complexity index is 1560. The van der Waals surface area contributed by atoms with Gasteiger partial charge in [-0.25, -0.2) is 14.3 Å². The number of amides is 2. The van der Waals surface area contributed by atoms with Crippen LogP contribution in [0.5, 0.6) is 0 Å². The van der Waals surface area contributed by atoms with E-state index < -0.39 is 9.24 Å². The molecule has 1 atom stereocenters. The predicted octanol–water partition coefficient (Wildman–Crippen LogP) is 7.35. The van der Waals surface area contributed by atoms with Crippen molar-refractivity contribution < 1.29 is 9.59 Å². The molecule has 0 aliphatic carbocycles. The van der Waals surface area contributed by atoms with E-state index in [1.807, 2.05) is 69.7 Å². The molecule has 4 rings (SSSR count). The van der Waals surface area contributed by atoms with E-state index in [1.165, 1.54) is 0 Å². The number of halogens is 3. The molecule has 0 spiro atoms. The van der Waals surface area contributed by atoms with Crippen LogP contribution in [0.4, 0.5) is 21.9 Å². The first kappa shape index (κ1) is 31.1. The normalized spacial score (nSPS) is 12.8. The average molecular weight is 638 g/mol. The number of alkyl halides is 2. The largest absolute Gasteiger partial charge is 0.369 e. The highest BCUT2D eigenvalue weighted by Crippen LogP contribution is 2.50. The van der Waals surface area contributed by atoms with E-state index in [0.717, 1.165) is 16.8 Å². The predicted molar refractivity (Wildman–Crippen MR) is 176 cm³/mol. The lowest BCUT2D eigenvalue weighted by Crippen LogP contribution is -2.27. The third-order valence-corrected chi connectivity index (χ3v) is 10.0. The smallest absolute Gasteiger partial charge is 0.333 e. The Morgan fingerprint density at radius 1 is 1.02 bits per heavy atom. The molecule has 0 bridgehead atoms. The highest BCUT2D eigenvalue weighted by molar-refractivity contribution is 8.51. The Balaban J connectivity index is 1.67. The Labute approximate surface area is 256 Å². The molecule has 0 saturated carbocycles. The Hall–Kier alpha value is -2.85. The van der Waals surface area contributed by atoms with Crippen molar-refractivity contribution in [3.63, 3.8) is 0 Å². The highest BCUT2D eigenvalue weighted by Gasteiger charge is 2.26.